The molecule has 2 aromatic carbocycles. The molecule has 1 aromatic heterocycles. The Morgan fingerprint density at radius 1 is 0.963 bits per heavy atom. The zero-order chi connectivity index (χ0) is 18.5. The van der Waals surface area contributed by atoms with Crippen molar-refractivity contribution < 1.29 is 9.15 Å². The molecule has 140 valence electrons. The highest BCUT2D eigenvalue weighted by atomic mass is 16.5. The number of hydrogen-bond acceptors (Lipinski definition) is 5. The van der Waals surface area contributed by atoms with E-state index in [-0.39, 0.29) is 0 Å². The van der Waals surface area contributed by atoms with Gasteiger partial charge in [0.15, 0.2) is 0 Å². The maximum atomic E-state index is 5.72. The summed E-state index contributed by atoms with van der Waals surface area (Å²) in [5.41, 5.74) is 3.16. The summed E-state index contributed by atoms with van der Waals surface area (Å²) in [4.78, 5) is 9.49. The van der Waals surface area contributed by atoms with Gasteiger partial charge in [0.25, 0.3) is 0 Å². The van der Waals surface area contributed by atoms with Crippen LogP contribution in [0.3, 0.4) is 0 Å². The topological polar surface area (TPSA) is 41.7 Å². The molecule has 3 aromatic rings. The van der Waals surface area contributed by atoms with Crippen molar-refractivity contribution in [3.8, 4) is 17.0 Å². The Morgan fingerprint density at radius 2 is 1.78 bits per heavy atom. The van der Waals surface area contributed by atoms with Crippen LogP contribution in [0.2, 0.25) is 0 Å². The zero-order valence-corrected chi connectivity index (χ0v) is 15.7. The fraction of sp³-hybridized carbons (Fsp3) is 0.318. The first-order valence-corrected chi connectivity index (χ1v) is 9.43. The minimum Gasteiger partial charge on any atom is -0.495 e. The van der Waals surface area contributed by atoms with E-state index in [1.807, 2.05) is 30.3 Å². The number of rotatable bonds is 5. The molecule has 0 radical (unpaired) electrons. The molecule has 1 fully saturated rings. The van der Waals surface area contributed by atoms with E-state index in [9.17, 15) is 0 Å². The second-order valence-corrected chi connectivity index (χ2v) is 6.78. The molecule has 0 spiro atoms. The van der Waals surface area contributed by atoms with Crippen LogP contribution in [0.15, 0.2) is 65.3 Å². The van der Waals surface area contributed by atoms with E-state index in [0.717, 1.165) is 62.0 Å². The Kier molecular flexibility index (Phi) is 5.39. The molecule has 5 heteroatoms. The van der Waals surface area contributed by atoms with Gasteiger partial charge >= 0.3 is 0 Å². The molecule has 27 heavy (non-hydrogen) atoms. The quantitative estimate of drug-likeness (QED) is 0.684. The Labute approximate surface area is 160 Å². The van der Waals surface area contributed by atoms with Crippen LogP contribution in [0.1, 0.15) is 12.3 Å². The molecule has 0 saturated carbocycles. The van der Waals surface area contributed by atoms with Gasteiger partial charge < -0.3 is 14.1 Å². The van der Waals surface area contributed by atoms with E-state index >= 15 is 0 Å². The van der Waals surface area contributed by atoms with Gasteiger partial charge in [0.1, 0.15) is 17.7 Å². The lowest BCUT2D eigenvalue weighted by molar-refractivity contribution is 0.255. The van der Waals surface area contributed by atoms with Gasteiger partial charge in [-0.1, -0.05) is 42.5 Å². The average molecular weight is 363 g/mol. The van der Waals surface area contributed by atoms with Crippen LogP contribution in [-0.4, -0.2) is 43.2 Å². The number of ether oxygens (including phenoxy) is 1. The lowest BCUT2D eigenvalue weighted by Crippen LogP contribution is -2.30. The third-order valence-electron chi connectivity index (χ3n) is 4.99. The highest BCUT2D eigenvalue weighted by Gasteiger charge is 2.19. The highest BCUT2D eigenvalue weighted by Crippen LogP contribution is 2.28. The summed E-state index contributed by atoms with van der Waals surface area (Å²) < 4.78 is 11.3. The molecule has 0 amide bonds. The molecule has 1 saturated heterocycles. The first-order chi connectivity index (χ1) is 13.3. The van der Waals surface area contributed by atoms with E-state index in [2.05, 4.69) is 39.0 Å². The van der Waals surface area contributed by atoms with Gasteiger partial charge in [-0.3, -0.25) is 4.90 Å². The smallest absolute Gasteiger partial charge is 0.208 e. The summed E-state index contributed by atoms with van der Waals surface area (Å²) in [5.74, 6) is 1.71. The molecule has 0 aliphatic carbocycles. The maximum Gasteiger partial charge on any atom is 0.208 e. The van der Waals surface area contributed by atoms with Gasteiger partial charge in [-0.05, 0) is 18.6 Å². The molecule has 1 aliphatic heterocycles. The van der Waals surface area contributed by atoms with Gasteiger partial charge in [-0.25, -0.2) is 4.98 Å². The number of nitrogens with zero attached hydrogens (tertiary/aromatic N) is 3. The molecule has 0 bridgehead atoms. The first kappa shape index (κ1) is 17.6. The second-order valence-electron chi connectivity index (χ2n) is 6.78. The molecule has 2 heterocycles. The van der Waals surface area contributed by atoms with Gasteiger partial charge in [-0.2, -0.15) is 0 Å². The number of para-hydroxylation sites is 2. The van der Waals surface area contributed by atoms with Gasteiger partial charge in [0.2, 0.25) is 5.89 Å². The summed E-state index contributed by atoms with van der Waals surface area (Å²) >= 11 is 0. The third-order valence-corrected chi connectivity index (χ3v) is 4.99. The molecule has 0 N–H and O–H groups in total. The van der Waals surface area contributed by atoms with Gasteiger partial charge in [-0.15, -0.1) is 0 Å². The van der Waals surface area contributed by atoms with Crippen molar-refractivity contribution in [1.82, 2.24) is 9.88 Å². The Bertz CT molecular complexity index is 863. The van der Waals surface area contributed by atoms with E-state index in [1.165, 1.54) is 5.69 Å². The predicted molar refractivity (Wildman–Crippen MR) is 107 cm³/mol. The van der Waals surface area contributed by atoms with Crippen molar-refractivity contribution in [2.45, 2.75) is 13.0 Å². The van der Waals surface area contributed by atoms with Crippen LogP contribution in [0, 0.1) is 0 Å². The normalized spacial score (nSPS) is 15.5. The molecular weight excluding hydrogens is 338 g/mol. The Hall–Kier alpha value is -2.79. The van der Waals surface area contributed by atoms with Crippen LogP contribution in [0.25, 0.3) is 11.3 Å². The number of aromatic nitrogens is 1. The largest absolute Gasteiger partial charge is 0.495 e. The minimum absolute atomic E-state index is 0.743. The number of benzene rings is 2. The van der Waals surface area contributed by atoms with Crippen LogP contribution in [-0.2, 0) is 6.54 Å². The Morgan fingerprint density at radius 3 is 2.63 bits per heavy atom. The van der Waals surface area contributed by atoms with E-state index in [4.69, 9.17) is 9.15 Å². The van der Waals surface area contributed by atoms with Crippen molar-refractivity contribution in [1.29, 1.82) is 0 Å². The first-order valence-electron chi connectivity index (χ1n) is 9.43. The molecule has 5 nitrogen and oxygen atoms in total. The molecular formula is C22H25N3O2. The molecule has 1 aliphatic rings. The van der Waals surface area contributed by atoms with Crippen LogP contribution in [0.5, 0.6) is 5.75 Å². The summed E-state index contributed by atoms with van der Waals surface area (Å²) in [6.45, 7) is 4.74. The van der Waals surface area contributed by atoms with Crippen molar-refractivity contribution in [3.63, 3.8) is 0 Å². The number of oxazole rings is 1. The number of methoxy groups -OCH3 is 1. The maximum absolute atomic E-state index is 5.72. The van der Waals surface area contributed by atoms with E-state index in [0.29, 0.717) is 0 Å². The van der Waals surface area contributed by atoms with Crippen LogP contribution >= 0.6 is 0 Å². The predicted octanol–water partition coefficient (Wildman–Crippen LogP) is 4.06. The highest BCUT2D eigenvalue weighted by molar-refractivity contribution is 5.58. The van der Waals surface area contributed by atoms with Crippen LogP contribution in [0.4, 0.5) is 5.69 Å². The molecule has 4 rings (SSSR count). The summed E-state index contributed by atoms with van der Waals surface area (Å²) in [7, 11) is 1.73. The summed E-state index contributed by atoms with van der Waals surface area (Å²) in [6.07, 6.45) is 2.86. The van der Waals surface area contributed by atoms with Gasteiger partial charge in [0, 0.05) is 31.7 Å². The SMILES string of the molecule is COc1ccccc1N1CCCN(Cc2nc(-c3ccccc3)co2)CC1. The Balaban J connectivity index is 1.40. The minimum atomic E-state index is 0.743. The monoisotopic (exact) mass is 363 g/mol. The van der Waals surface area contributed by atoms with E-state index in [1.54, 1.807) is 13.4 Å². The van der Waals surface area contributed by atoms with Crippen molar-refractivity contribution >= 4 is 5.69 Å². The lowest BCUT2D eigenvalue weighted by Gasteiger charge is -2.25. The van der Waals surface area contributed by atoms with Crippen LogP contribution < -0.4 is 9.64 Å². The molecule has 0 atom stereocenters. The standard InChI is InChI=1S/C22H25N3O2/c1-26-21-11-6-5-10-20(21)25-13-7-12-24(14-15-25)16-22-23-19(17-27-22)18-8-3-2-4-9-18/h2-6,8-11,17H,7,12-16H2,1H3. The summed E-state index contributed by atoms with van der Waals surface area (Å²) in [5, 5.41) is 0. The number of hydrogen-bond donors (Lipinski definition) is 0. The zero-order valence-electron chi connectivity index (χ0n) is 15.7. The van der Waals surface area contributed by atoms with E-state index < -0.39 is 0 Å². The molecule has 0 unspecified atom stereocenters. The van der Waals surface area contributed by atoms with Crippen molar-refractivity contribution in [2.24, 2.45) is 0 Å². The third kappa shape index (κ3) is 4.14. The van der Waals surface area contributed by atoms with Crippen molar-refractivity contribution in [3.05, 3.63) is 66.8 Å². The lowest BCUT2D eigenvalue weighted by atomic mass is 10.2. The summed E-state index contributed by atoms with van der Waals surface area (Å²) in [6, 6.07) is 18.4. The fourth-order valence-corrected chi connectivity index (χ4v) is 3.58. The number of anilines is 1. The van der Waals surface area contributed by atoms with Crippen molar-refractivity contribution in [2.75, 3.05) is 38.2 Å². The fourth-order valence-electron chi connectivity index (χ4n) is 3.58. The second kappa shape index (κ2) is 8.27. The van der Waals surface area contributed by atoms with Gasteiger partial charge in [0.05, 0.1) is 19.3 Å². The average Bonchev–Trinajstić information content (AvgIpc) is 3.07.